The van der Waals surface area contributed by atoms with Crippen LogP contribution in [0.2, 0.25) is 51.4 Å². The molecule has 1 saturated carbocycles. The maximum atomic E-state index is 16.4. The number of hydrogen-bond acceptors (Lipinski definition) is 7. The van der Waals surface area contributed by atoms with Gasteiger partial charge in [-0.15, -0.1) is 0 Å². The van der Waals surface area contributed by atoms with Gasteiger partial charge in [0.1, 0.15) is 24.7 Å². The van der Waals surface area contributed by atoms with Crippen LogP contribution in [0.4, 0.5) is 10.1 Å². The third kappa shape index (κ3) is 8.07. The Morgan fingerprint density at radius 2 is 1.73 bits per heavy atom. The summed E-state index contributed by atoms with van der Waals surface area (Å²) in [5.74, 6) is 0.698. The second-order valence-corrected chi connectivity index (χ2v) is 28.5. The molecule has 0 spiro atoms. The van der Waals surface area contributed by atoms with Gasteiger partial charge in [0.15, 0.2) is 11.6 Å². The van der Waals surface area contributed by atoms with Gasteiger partial charge >= 0.3 is 0 Å². The zero-order chi connectivity index (χ0) is 35.3. The highest BCUT2D eigenvalue weighted by Gasteiger charge is 2.54. The topological polar surface area (TPSA) is 86.9 Å². The molecule has 0 bridgehead atoms. The van der Waals surface area contributed by atoms with Crippen molar-refractivity contribution in [1.82, 2.24) is 24.2 Å². The number of amides is 1. The van der Waals surface area contributed by atoms with Crippen molar-refractivity contribution in [3.05, 3.63) is 29.2 Å². The van der Waals surface area contributed by atoms with Gasteiger partial charge in [0.25, 0.3) is 0 Å². The molecule has 2 fully saturated rings. The monoisotopic (exact) mass is 712 g/mol. The number of ether oxygens (including phenoxy) is 3. The van der Waals surface area contributed by atoms with Crippen LogP contribution in [-0.4, -0.2) is 98.9 Å². The SMILES string of the molecule is CC(C(=O)N(C)c1cc(F)c2c(c1)nc(-c1nn(COCC[Si](C)(C)C)c3c1C[C@@H]1C[C@]1(C)C3)n2COCC[Si](C)(C)C)N1CCOCC1. The second kappa shape index (κ2) is 13.9. The molecule has 0 radical (unpaired) electrons. The summed E-state index contributed by atoms with van der Waals surface area (Å²) < 4.78 is 38.2. The second-order valence-electron chi connectivity index (χ2n) is 17.3. The third-order valence-corrected chi connectivity index (χ3v) is 14.2. The van der Waals surface area contributed by atoms with Crippen molar-refractivity contribution < 1.29 is 23.4 Å². The van der Waals surface area contributed by atoms with E-state index in [4.69, 9.17) is 24.3 Å². The Kier molecular flexibility index (Phi) is 10.4. The maximum Gasteiger partial charge on any atom is 0.243 e. The number of carbonyl (C=O) groups is 1. The average molecular weight is 713 g/mol. The fraction of sp³-hybridized carbons (Fsp3) is 0.694. The van der Waals surface area contributed by atoms with Gasteiger partial charge in [0.2, 0.25) is 5.91 Å². The number of rotatable bonds is 14. The van der Waals surface area contributed by atoms with Gasteiger partial charge in [0.05, 0.1) is 24.8 Å². The van der Waals surface area contributed by atoms with Gasteiger partial charge < -0.3 is 19.1 Å². The molecule has 1 amide bonds. The lowest BCUT2D eigenvalue weighted by Gasteiger charge is -2.33. The Bertz CT molecular complexity index is 1670. The predicted molar refractivity (Wildman–Crippen MR) is 198 cm³/mol. The van der Waals surface area contributed by atoms with Crippen molar-refractivity contribution in [1.29, 1.82) is 0 Å². The van der Waals surface area contributed by atoms with Crippen molar-refractivity contribution in [3.63, 3.8) is 0 Å². The fourth-order valence-electron chi connectivity index (χ4n) is 7.20. The molecule has 3 heterocycles. The zero-order valence-electron chi connectivity index (χ0n) is 31.2. The number of fused-ring (bicyclic) bond motifs is 3. The van der Waals surface area contributed by atoms with E-state index >= 15 is 4.39 Å². The van der Waals surface area contributed by atoms with Gasteiger partial charge in [-0.05, 0) is 61.7 Å². The van der Waals surface area contributed by atoms with Crippen molar-refractivity contribution >= 4 is 38.8 Å². The number of aromatic nitrogens is 4. The minimum atomic E-state index is -1.33. The van der Waals surface area contributed by atoms with Gasteiger partial charge in [-0.3, -0.25) is 14.3 Å². The molecule has 2 aromatic heterocycles. The Labute approximate surface area is 293 Å². The summed E-state index contributed by atoms with van der Waals surface area (Å²) in [6.07, 6.45) is 3.09. The summed E-state index contributed by atoms with van der Waals surface area (Å²) in [6, 6.07) is 5.03. The molecule has 0 N–H and O–H groups in total. The number of halogens is 1. The molecule has 10 nitrogen and oxygen atoms in total. The normalized spacial score (nSPS) is 21.9. The summed E-state index contributed by atoms with van der Waals surface area (Å²) in [4.78, 5) is 22.3. The van der Waals surface area contributed by atoms with E-state index in [1.54, 1.807) is 11.9 Å². The van der Waals surface area contributed by atoms with E-state index in [1.165, 1.54) is 23.7 Å². The molecule has 270 valence electrons. The number of morpholine rings is 1. The highest BCUT2D eigenvalue weighted by Crippen LogP contribution is 2.60. The van der Waals surface area contributed by atoms with Gasteiger partial charge in [-0.1, -0.05) is 46.2 Å². The predicted octanol–water partition coefficient (Wildman–Crippen LogP) is 6.47. The van der Waals surface area contributed by atoms with E-state index in [1.807, 2.05) is 22.2 Å². The lowest BCUT2D eigenvalue weighted by Crippen LogP contribution is -2.50. The molecule has 1 unspecified atom stereocenters. The van der Waals surface area contributed by atoms with Crippen LogP contribution < -0.4 is 4.90 Å². The smallest absolute Gasteiger partial charge is 0.243 e. The van der Waals surface area contributed by atoms with Crippen LogP contribution in [0.25, 0.3) is 22.6 Å². The molecular formula is C36H57FN6O4Si2. The van der Waals surface area contributed by atoms with Gasteiger partial charge in [-0.25, -0.2) is 14.1 Å². The first-order chi connectivity index (χ1) is 23.0. The molecule has 49 heavy (non-hydrogen) atoms. The van der Waals surface area contributed by atoms with E-state index in [-0.39, 0.29) is 18.7 Å². The van der Waals surface area contributed by atoms with E-state index in [0.717, 1.165) is 30.6 Å². The standard InChI is InChI=1S/C36H57FN6O4Si2/c1-25(41-10-12-45-13-11-41)35(44)40(3)27-19-29(37)33-30(20-27)38-34(42(33)23-46-14-16-48(4,5)6)32-28-18-26-21-36(26,2)22-31(28)43(39-32)24-47-15-17-49(7,8)9/h19-20,25-26H,10-18,21-24H2,1-9H3/t25?,26-,36-/m1/s1. The van der Waals surface area contributed by atoms with E-state index in [2.05, 4.69) is 51.1 Å². The summed E-state index contributed by atoms with van der Waals surface area (Å²) in [7, 11) is -0.845. The van der Waals surface area contributed by atoms with Crippen molar-refractivity contribution in [2.45, 2.75) is 104 Å². The van der Waals surface area contributed by atoms with Crippen LogP contribution in [0.5, 0.6) is 0 Å². The molecule has 2 aliphatic carbocycles. The summed E-state index contributed by atoms with van der Waals surface area (Å²) in [5, 5.41) is 5.16. The van der Waals surface area contributed by atoms with Crippen LogP contribution in [0.15, 0.2) is 12.1 Å². The minimum absolute atomic E-state index is 0.0931. The first-order valence-corrected chi connectivity index (χ1v) is 25.5. The number of likely N-dealkylation sites (N-methyl/N-ethyl adjacent to an activating group) is 1. The first-order valence-electron chi connectivity index (χ1n) is 18.1. The quantitative estimate of drug-likeness (QED) is 0.140. The minimum Gasteiger partial charge on any atom is -0.379 e. The summed E-state index contributed by atoms with van der Waals surface area (Å²) >= 11 is 0. The third-order valence-electron chi connectivity index (χ3n) is 10.8. The Hall–Kier alpha value is -2.43. The number of hydrogen-bond donors (Lipinski definition) is 0. The van der Waals surface area contributed by atoms with Crippen molar-refractivity contribution in [2.75, 3.05) is 51.5 Å². The molecule has 1 aliphatic heterocycles. The van der Waals surface area contributed by atoms with Crippen LogP contribution in [0, 0.1) is 17.2 Å². The number of benzene rings is 1. The number of anilines is 1. The summed E-state index contributed by atoms with van der Waals surface area (Å²) in [5.41, 5.74) is 4.82. The average Bonchev–Trinajstić information content (AvgIpc) is 3.39. The van der Waals surface area contributed by atoms with E-state index < -0.39 is 22.0 Å². The maximum absolute atomic E-state index is 16.4. The largest absolute Gasteiger partial charge is 0.379 e. The Morgan fingerprint density at radius 3 is 2.39 bits per heavy atom. The number of imidazole rings is 1. The molecule has 6 rings (SSSR count). The summed E-state index contributed by atoms with van der Waals surface area (Å²) in [6.45, 7) is 22.8. The number of carbonyl (C=O) groups excluding carboxylic acids is 1. The van der Waals surface area contributed by atoms with Crippen molar-refractivity contribution in [3.8, 4) is 11.5 Å². The van der Waals surface area contributed by atoms with Crippen LogP contribution in [-0.2, 0) is 45.3 Å². The molecular weight excluding hydrogens is 656 g/mol. The first kappa shape index (κ1) is 36.4. The highest BCUT2D eigenvalue weighted by molar-refractivity contribution is 6.76. The van der Waals surface area contributed by atoms with Gasteiger partial charge in [0, 0.05) is 66.4 Å². The van der Waals surface area contributed by atoms with Crippen molar-refractivity contribution in [2.24, 2.45) is 11.3 Å². The Morgan fingerprint density at radius 1 is 1.08 bits per heavy atom. The lowest BCUT2D eigenvalue weighted by molar-refractivity contribution is -0.124. The van der Waals surface area contributed by atoms with Gasteiger partial charge in [-0.2, -0.15) is 5.10 Å². The van der Waals surface area contributed by atoms with Crippen LogP contribution in [0.1, 0.15) is 31.5 Å². The zero-order valence-corrected chi connectivity index (χ0v) is 33.2. The fourth-order valence-corrected chi connectivity index (χ4v) is 8.71. The highest BCUT2D eigenvalue weighted by atomic mass is 28.3. The molecule has 1 aromatic carbocycles. The van der Waals surface area contributed by atoms with E-state index in [0.29, 0.717) is 80.1 Å². The molecule has 3 aromatic rings. The molecule has 3 atom stereocenters. The number of nitrogens with zero attached hydrogens (tertiary/aromatic N) is 6. The lowest BCUT2D eigenvalue weighted by atomic mass is 9.87. The van der Waals surface area contributed by atoms with Crippen LogP contribution in [0.3, 0.4) is 0 Å². The van der Waals surface area contributed by atoms with Crippen LogP contribution >= 0.6 is 0 Å². The molecule has 1 saturated heterocycles. The Balaban J connectivity index is 1.37. The van der Waals surface area contributed by atoms with E-state index in [9.17, 15) is 4.79 Å². The molecule has 13 heteroatoms. The molecule has 3 aliphatic rings.